The number of benzene rings is 2. The molecule has 2 aliphatic rings. The lowest BCUT2D eigenvalue weighted by Crippen LogP contribution is -2.54. The first-order valence-corrected chi connectivity index (χ1v) is 13.2. The summed E-state index contributed by atoms with van der Waals surface area (Å²) in [5, 5.41) is 4.03. The Labute approximate surface area is 211 Å². The van der Waals surface area contributed by atoms with Gasteiger partial charge in [-0.05, 0) is 49.2 Å². The molecule has 0 bridgehead atoms. The number of nitrogens with one attached hydrogen (secondary N) is 1. The molecule has 5 nitrogen and oxygen atoms in total. The second-order valence-electron chi connectivity index (χ2n) is 9.07. The van der Waals surface area contributed by atoms with Crippen LogP contribution in [-0.4, -0.2) is 59.6 Å². The minimum absolute atomic E-state index is 0.0422. The van der Waals surface area contributed by atoms with Gasteiger partial charge in [0.2, 0.25) is 5.91 Å². The van der Waals surface area contributed by atoms with E-state index in [9.17, 15) is 9.59 Å². The standard InChI is InChI=1S/C27H32ClN3O2S/c1-30(18-21-7-3-2-4-8-21)16-15-29-26(32)19-31-23-9-5-6-10-24(23)34-25(27(31)33)17-20-11-13-22(28)14-12-20/h2-4,7-8,11-14,17,23-24H,5-6,9-10,15-16,18-19H2,1H3,(H,29,32)/b25-17+. The summed E-state index contributed by atoms with van der Waals surface area (Å²) in [5.74, 6) is -0.136. The van der Waals surface area contributed by atoms with E-state index in [-0.39, 0.29) is 24.4 Å². The number of carbonyl (C=O) groups excluding carboxylic acids is 2. The Hall–Kier alpha value is -2.28. The van der Waals surface area contributed by atoms with Gasteiger partial charge in [0.1, 0.15) is 6.54 Å². The molecule has 2 unspecified atom stereocenters. The molecule has 2 fully saturated rings. The van der Waals surface area contributed by atoms with Crippen LogP contribution in [0.4, 0.5) is 0 Å². The third kappa shape index (κ3) is 6.65. The lowest BCUT2D eigenvalue weighted by molar-refractivity contribution is -0.135. The second kappa shape index (κ2) is 11.9. The number of likely N-dealkylation sites (N-methyl/N-ethyl adjacent to an activating group) is 1. The van der Waals surface area contributed by atoms with Gasteiger partial charge in [-0.3, -0.25) is 9.59 Å². The fourth-order valence-electron chi connectivity index (χ4n) is 4.64. The highest BCUT2D eigenvalue weighted by Gasteiger charge is 2.41. The first-order chi connectivity index (χ1) is 16.5. The Morgan fingerprint density at radius 3 is 2.65 bits per heavy atom. The highest BCUT2D eigenvalue weighted by atomic mass is 35.5. The Morgan fingerprint density at radius 2 is 1.88 bits per heavy atom. The van der Waals surface area contributed by atoms with Crippen molar-refractivity contribution in [1.82, 2.24) is 15.1 Å². The van der Waals surface area contributed by atoms with E-state index in [0.29, 0.717) is 21.7 Å². The minimum atomic E-state index is -0.0940. The van der Waals surface area contributed by atoms with E-state index in [0.717, 1.165) is 37.9 Å². The van der Waals surface area contributed by atoms with Gasteiger partial charge in [-0.15, -0.1) is 11.8 Å². The van der Waals surface area contributed by atoms with Gasteiger partial charge in [-0.1, -0.05) is 66.9 Å². The molecular formula is C27H32ClN3O2S. The quantitative estimate of drug-likeness (QED) is 0.531. The third-order valence-electron chi connectivity index (χ3n) is 6.41. The van der Waals surface area contributed by atoms with Crippen LogP contribution in [0.2, 0.25) is 5.02 Å². The molecule has 2 aromatic carbocycles. The molecule has 0 aromatic heterocycles. The lowest BCUT2D eigenvalue weighted by Gasteiger charge is -2.43. The maximum atomic E-state index is 13.4. The van der Waals surface area contributed by atoms with E-state index in [1.54, 1.807) is 11.8 Å². The van der Waals surface area contributed by atoms with Gasteiger partial charge in [0, 0.05) is 35.9 Å². The molecule has 1 aliphatic heterocycles. The number of hydrogen-bond acceptors (Lipinski definition) is 4. The molecule has 34 heavy (non-hydrogen) atoms. The molecule has 4 rings (SSSR count). The molecule has 2 amide bonds. The Balaban J connectivity index is 1.36. The topological polar surface area (TPSA) is 52.7 Å². The van der Waals surface area contributed by atoms with Crippen molar-refractivity contribution in [3.63, 3.8) is 0 Å². The summed E-state index contributed by atoms with van der Waals surface area (Å²) in [4.78, 5) is 30.9. The number of nitrogens with zero attached hydrogens (tertiary/aromatic N) is 2. The average molecular weight is 498 g/mol. The molecule has 1 aliphatic carbocycles. The van der Waals surface area contributed by atoms with E-state index >= 15 is 0 Å². The van der Waals surface area contributed by atoms with E-state index in [1.807, 2.05) is 60.5 Å². The normalized spacial score (nSPS) is 21.6. The Kier molecular flexibility index (Phi) is 8.70. The number of fused-ring (bicyclic) bond motifs is 1. The third-order valence-corrected chi connectivity index (χ3v) is 8.06. The van der Waals surface area contributed by atoms with Gasteiger partial charge >= 0.3 is 0 Å². The van der Waals surface area contributed by atoms with Crippen LogP contribution in [0, 0.1) is 0 Å². The van der Waals surface area contributed by atoms with Gasteiger partial charge < -0.3 is 15.1 Å². The fraction of sp³-hybridized carbons (Fsp3) is 0.407. The highest BCUT2D eigenvalue weighted by molar-refractivity contribution is 8.04. The van der Waals surface area contributed by atoms with Crippen LogP contribution in [0.5, 0.6) is 0 Å². The first-order valence-electron chi connectivity index (χ1n) is 11.9. The van der Waals surface area contributed by atoms with Crippen LogP contribution in [0.25, 0.3) is 6.08 Å². The molecule has 0 spiro atoms. The minimum Gasteiger partial charge on any atom is -0.353 e. The maximum absolute atomic E-state index is 13.4. The van der Waals surface area contributed by atoms with Crippen molar-refractivity contribution in [2.45, 2.75) is 43.5 Å². The fourth-order valence-corrected chi connectivity index (χ4v) is 6.24. The maximum Gasteiger partial charge on any atom is 0.261 e. The lowest BCUT2D eigenvalue weighted by atomic mass is 9.93. The molecule has 7 heteroatoms. The van der Waals surface area contributed by atoms with Crippen molar-refractivity contribution >= 4 is 41.3 Å². The Morgan fingerprint density at radius 1 is 1.15 bits per heavy atom. The summed E-state index contributed by atoms with van der Waals surface area (Å²) >= 11 is 7.68. The number of thioether (sulfide) groups is 1. The van der Waals surface area contributed by atoms with Crippen LogP contribution >= 0.6 is 23.4 Å². The van der Waals surface area contributed by atoms with E-state index in [1.165, 1.54) is 12.0 Å². The predicted molar refractivity (Wildman–Crippen MR) is 141 cm³/mol. The van der Waals surface area contributed by atoms with Crippen molar-refractivity contribution in [2.75, 3.05) is 26.7 Å². The zero-order valence-electron chi connectivity index (χ0n) is 19.6. The van der Waals surface area contributed by atoms with Gasteiger partial charge in [0.15, 0.2) is 0 Å². The molecule has 2 atom stereocenters. The molecule has 1 N–H and O–H groups in total. The summed E-state index contributed by atoms with van der Waals surface area (Å²) in [6, 6.07) is 17.9. The van der Waals surface area contributed by atoms with Gasteiger partial charge in [0.25, 0.3) is 5.91 Å². The zero-order chi connectivity index (χ0) is 23.9. The number of rotatable bonds is 8. The van der Waals surface area contributed by atoms with Crippen LogP contribution in [0.15, 0.2) is 59.5 Å². The highest BCUT2D eigenvalue weighted by Crippen LogP contribution is 2.42. The zero-order valence-corrected chi connectivity index (χ0v) is 21.2. The largest absolute Gasteiger partial charge is 0.353 e. The summed E-state index contributed by atoms with van der Waals surface area (Å²) in [6.07, 6.45) is 6.24. The van der Waals surface area contributed by atoms with E-state index < -0.39 is 0 Å². The average Bonchev–Trinajstić information content (AvgIpc) is 2.83. The number of hydrogen-bond donors (Lipinski definition) is 1. The number of carbonyl (C=O) groups is 2. The van der Waals surface area contributed by atoms with Gasteiger partial charge in [0.05, 0.1) is 4.91 Å². The van der Waals surface area contributed by atoms with Crippen molar-refractivity contribution in [1.29, 1.82) is 0 Å². The van der Waals surface area contributed by atoms with Crippen LogP contribution in [0.1, 0.15) is 36.8 Å². The molecule has 1 saturated carbocycles. The van der Waals surface area contributed by atoms with Crippen molar-refractivity contribution < 1.29 is 9.59 Å². The van der Waals surface area contributed by atoms with Crippen LogP contribution < -0.4 is 5.32 Å². The second-order valence-corrected chi connectivity index (χ2v) is 10.8. The van der Waals surface area contributed by atoms with E-state index in [2.05, 4.69) is 22.3 Å². The SMILES string of the molecule is CN(CCNC(=O)CN1C(=O)/C(=C\c2ccc(Cl)cc2)SC2CCCCC21)Cc1ccccc1. The number of amides is 2. The monoisotopic (exact) mass is 497 g/mol. The summed E-state index contributed by atoms with van der Waals surface area (Å²) < 4.78 is 0. The molecule has 1 saturated heterocycles. The number of halogens is 1. The van der Waals surface area contributed by atoms with Crippen molar-refractivity contribution in [2.24, 2.45) is 0 Å². The van der Waals surface area contributed by atoms with Crippen molar-refractivity contribution in [3.8, 4) is 0 Å². The van der Waals surface area contributed by atoms with Crippen molar-refractivity contribution in [3.05, 3.63) is 75.7 Å². The summed E-state index contributed by atoms with van der Waals surface area (Å²) in [5.41, 5.74) is 2.19. The van der Waals surface area contributed by atoms with Crippen LogP contribution in [0.3, 0.4) is 0 Å². The molecule has 1 heterocycles. The molecule has 0 radical (unpaired) electrons. The van der Waals surface area contributed by atoms with Gasteiger partial charge in [-0.25, -0.2) is 0 Å². The summed E-state index contributed by atoms with van der Waals surface area (Å²) in [7, 11) is 2.05. The molecule has 180 valence electrons. The van der Waals surface area contributed by atoms with Gasteiger partial charge in [-0.2, -0.15) is 0 Å². The Bertz CT molecular complexity index is 1010. The van der Waals surface area contributed by atoms with Crippen LogP contribution in [-0.2, 0) is 16.1 Å². The van der Waals surface area contributed by atoms with E-state index in [4.69, 9.17) is 11.6 Å². The summed E-state index contributed by atoms with van der Waals surface area (Å²) in [6.45, 7) is 2.25. The smallest absolute Gasteiger partial charge is 0.261 e. The predicted octanol–water partition coefficient (Wildman–Crippen LogP) is 4.82. The molecule has 2 aromatic rings. The molecular weight excluding hydrogens is 466 g/mol. The first kappa shape index (κ1) is 24.8.